The Labute approximate surface area is 128 Å². The van der Waals surface area contributed by atoms with Crippen molar-refractivity contribution in [3.63, 3.8) is 0 Å². The minimum absolute atomic E-state index is 0.147. The number of nitrogens with zero attached hydrogens (tertiary/aromatic N) is 1. The van der Waals surface area contributed by atoms with E-state index in [0.29, 0.717) is 17.1 Å². The molecule has 0 aliphatic heterocycles. The van der Waals surface area contributed by atoms with Crippen LogP contribution in [0, 0.1) is 5.82 Å². The lowest BCUT2D eigenvalue weighted by molar-refractivity contribution is 0.0786. The van der Waals surface area contributed by atoms with E-state index >= 15 is 0 Å². The van der Waals surface area contributed by atoms with Gasteiger partial charge in [0.15, 0.2) is 0 Å². The van der Waals surface area contributed by atoms with Gasteiger partial charge in [0.05, 0.1) is 5.56 Å². The van der Waals surface area contributed by atoms with Gasteiger partial charge in [0, 0.05) is 31.4 Å². The third-order valence-corrected chi connectivity index (χ3v) is 3.40. The number of benzene rings is 2. The van der Waals surface area contributed by atoms with Gasteiger partial charge in [0.2, 0.25) is 0 Å². The van der Waals surface area contributed by atoms with Gasteiger partial charge in [0.25, 0.3) is 5.91 Å². The molecule has 1 N–H and O–H groups in total. The van der Waals surface area contributed by atoms with Gasteiger partial charge in [-0.25, -0.2) is 4.39 Å². The quantitative estimate of drug-likeness (QED) is 0.932. The summed E-state index contributed by atoms with van der Waals surface area (Å²) in [6.07, 6.45) is 0. The van der Waals surface area contributed by atoms with Crippen LogP contribution in [0.2, 0.25) is 5.02 Å². The molecular formula is C16H16ClFN2O. The Morgan fingerprint density at radius 3 is 2.52 bits per heavy atom. The second-order valence-corrected chi connectivity index (χ2v) is 5.16. The highest BCUT2D eigenvalue weighted by molar-refractivity contribution is 6.31. The number of hydrogen-bond acceptors (Lipinski definition) is 2. The number of halogens is 2. The largest absolute Gasteiger partial charge is 0.387 e. The summed E-state index contributed by atoms with van der Waals surface area (Å²) in [4.78, 5) is 14.1. The number of hydrogen-bond donors (Lipinski definition) is 1. The first kappa shape index (κ1) is 15.3. The van der Waals surface area contributed by atoms with E-state index < -0.39 is 0 Å². The van der Waals surface area contributed by atoms with Crippen molar-refractivity contribution in [1.82, 2.24) is 4.90 Å². The number of nitrogens with one attached hydrogen (secondary N) is 1. The first-order chi connectivity index (χ1) is 10.0. The third kappa shape index (κ3) is 3.73. The Morgan fingerprint density at radius 1 is 1.24 bits per heavy atom. The van der Waals surface area contributed by atoms with E-state index in [0.717, 1.165) is 11.3 Å². The Kier molecular flexibility index (Phi) is 4.81. The van der Waals surface area contributed by atoms with Crippen LogP contribution < -0.4 is 5.32 Å². The topological polar surface area (TPSA) is 32.3 Å². The van der Waals surface area contributed by atoms with Crippen LogP contribution in [0.15, 0.2) is 42.5 Å². The third-order valence-electron chi connectivity index (χ3n) is 3.16. The molecule has 2 rings (SSSR count). The molecule has 0 heterocycles. The van der Waals surface area contributed by atoms with Gasteiger partial charge in [-0.3, -0.25) is 4.79 Å². The normalized spacial score (nSPS) is 10.3. The molecule has 0 aromatic heterocycles. The first-order valence-corrected chi connectivity index (χ1v) is 6.86. The lowest BCUT2D eigenvalue weighted by Gasteiger charge is -2.19. The van der Waals surface area contributed by atoms with Gasteiger partial charge >= 0.3 is 0 Å². The number of carbonyl (C=O) groups excluding carboxylic acids is 1. The highest BCUT2D eigenvalue weighted by Crippen LogP contribution is 2.22. The van der Waals surface area contributed by atoms with Crippen LogP contribution in [0.5, 0.6) is 0 Å². The highest BCUT2D eigenvalue weighted by Gasteiger charge is 2.16. The molecule has 2 aromatic carbocycles. The first-order valence-electron chi connectivity index (χ1n) is 6.48. The number of rotatable bonds is 4. The molecule has 2 aromatic rings. The van der Waals surface area contributed by atoms with Crippen molar-refractivity contribution in [2.45, 2.75) is 6.54 Å². The van der Waals surface area contributed by atoms with Crippen LogP contribution in [-0.4, -0.2) is 24.9 Å². The maximum absolute atomic E-state index is 12.9. The molecule has 0 aliphatic rings. The van der Waals surface area contributed by atoms with E-state index in [9.17, 15) is 9.18 Å². The molecule has 0 unspecified atom stereocenters. The van der Waals surface area contributed by atoms with Crippen molar-refractivity contribution in [3.8, 4) is 0 Å². The van der Waals surface area contributed by atoms with Crippen molar-refractivity contribution in [3.05, 3.63) is 64.4 Å². The zero-order valence-corrected chi connectivity index (χ0v) is 12.6. The zero-order chi connectivity index (χ0) is 15.4. The Balaban J connectivity index is 2.19. The molecular weight excluding hydrogens is 291 g/mol. The van der Waals surface area contributed by atoms with Gasteiger partial charge in [-0.05, 0) is 35.9 Å². The van der Waals surface area contributed by atoms with Crippen molar-refractivity contribution >= 4 is 23.2 Å². The van der Waals surface area contributed by atoms with Crippen LogP contribution in [0.1, 0.15) is 15.9 Å². The molecule has 0 saturated heterocycles. The lowest BCUT2D eigenvalue weighted by atomic mass is 10.1. The summed E-state index contributed by atoms with van der Waals surface area (Å²) >= 11 is 5.96. The van der Waals surface area contributed by atoms with Crippen LogP contribution in [0.3, 0.4) is 0 Å². The standard InChI is InChI=1S/C16H16ClFN2O/c1-19-15-8-5-12(17)9-14(15)16(21)20(2)10-11-3-6-13(18)7-4-11/h3-9,19H,10H2,1-2H3. The van der Waals surface area contributed by atoms with Crippen molar-refractivity contribution in [2.75, 3.05) is 19.4 Å². The molecule has 0 bridgehead atoms. The average molecular weight is 307 g/mol. The van der Waals surface area contributed by atoms with E-state index in [4.69, 9.17) is 11.6 Å². The predicted molar refractivity (Wildman–Crippen MR) is 83.2 cm³/mol. The van der Waals surface area contributed by atoms with Crippen LogP contribution in [0.4, 0.5) is 10.1 Å². The summed E-state index contributed by atoms with van der Waals surface area (Å²) < 4.78 is 12.9. The zero-order valence-electron chi connectivity index (χ0n) is 11.9. The fraction of sp³-hybridized carbons (Fsp3) is 0.188. The van der Waals surface area contributed by atoms with Crippen molar-refractivity contribution < 1.29 is 9.18 Å². The second kappa shape index (κ2) is 6.59. The molecule has 110 valence electrons. The van der Waals surface area contributed by atoms with E-state index in [1.807, 2.05) is 0 Å². The van der Waals surface area contributed by atoms with E-state index in [2.05, 4.69) is 5.32 Å². The molecule has 1 amide bonds. The average Bonchev–Trinajstić information content (AvgIpc) is 2.48. The molecule has 0 saturated carbocycles. The van der Waals surface area contributed by atoms with Gasteiger partial charge < -0.3 is 10.2 Å². The second-order valence-electron chi connectivity index (χ2n) is 4.73. The predicted octanol–water partition coefficient (Wildman–Crippen LogP) is 3.79. The highest BCUT2D eigenvalue weighted by atomic mass is 35.5. The van der Waals surface area contributed by atoms with Gasteiger partial charge in [0.1, 0.15) is 5.82 Å². The molecule has 0 radical (unpaired) electrons. The lowest BCUT2D eigenvalue weighted by Crippen LogP contribution is -2.26. The summed E-state index contributed by atoms with van der Waals surface area (Å²) in [5, 5.41) is 3.48. The molecule has 0 atom stereocenters. The van der Waals surface area contributed by atoms with Gasteiger partial charge in [-0.2, -0.15) is 0 Å². The van der Waals surface area contributed by atoms with Crippen molar-refractivity contribution in [2.24, 2.45) is 0 Å². The summed E-state index contributed by atoms with van der Waals surface area (Å²) in [7, 11) is 3.45. The van der Waals surface area contributed by atoms with E-state index in [1.165, 1.54) is 12.1 Å². The molecule has 0 spiro atoms. The minimum Gasteiger partial charge on any atom is -0.387 e. The SMILES string of the molecule is CNc1ccc(Cl)cc1C(=O)N(C)Cc1ccc(F)cc1. The number of carbonyl (C=O) groups is 1. The summed E-state index contributed by atoms with van der Waals surface area (Å²) in [6.45, 7) is 0.398. The fourth-order valence-electron chi connectivity index (χ4n) is 2.05. The van der Waals surface area contributed by atoms with Crippen LogP contribution in [0.25, 0.3) is 0 Å². The van der Waals surface area contributed by atoms with Crippen LogP contribution in [-0.2, 0) is 6.54 Å². The molecule has 21 heavy (non-hydrogen) atoms. The maximum Gasteiger partial charge on any atom is 0.256 e. The minimum atomic E-state index is -0.292. The van der Waals surface area contributed by atoms with E-state index in [-0.39, 0.29) is 11.7 Å². The smallest absolute Gasteiger partial charge is 0.256 e. The van der Waals surface area contributed by atoms with Gasteiger partial charge in [-0.15, -0.1) is 0 Å². The van der Waals surface area contributed by atoms with Crippen molar-refractivity contribution in [1.29, 1.82) is 0 Å². The Morgan fingerprint density at radius 2 is 1.90 bits per heavy atom. The van der Waals surface area contributed by atoms with Crippen LogP contribution >= 0.6 is 11.6 Å². The Bertz CT molecular complexity index is 643. The monoisotopic (exact) mass is 306 g/mol. The summed E-state index contributed by atoms with van der Waals surface area (Å²) in [5.74, 6) is -0.439. The Hall–Kier alpha value is -2.07. The fourth-order valence-corrected chi connectivity index (χ4v) is 2.22. The molecule has 0 fully saturated rings. The maximum atomic E-state index is 12.9. The molecule has 5 heteroatoms. The molecule has 3 nitrogen and oxygen atoms in total. The summed E-state index contributed by atoms with van der Waals surface area (Å²) in [6, 6.07) is 11.2. The summed E-state index contributed by atoms with van der Waals surface area (Å²) in [5.41, 5.74) is 2.09. The number of anilines is 1. The van der Waals surface area contributed by atoms with E-state index in [1.54, 1.807) is 49.3 Å². The number of amides is 1. The molecule has 0 aliphatic carbocycles. The van der Waals surface area contributed by atoms with Gasteiger partial charge in [-0.1, -0.05) is 23.7 Å².